The zero-order valence-corrected chi connectivity index (χ0v) is 23.0. The third-order valence-electron chi connectivity index (χ3n) is 7.90. The van der Waals surface area contributed by atoms with Crippen molar-refractivity contribution in [1.29, 1.82) is 0 Å². The fraction of sp³-hybridized carbons (Fsp3) is 0.517. The summed E-state index contributed by atoms with van der Waals surface area (Å²) in [6.45, 7) is 2.05. The fourth-order valence-corrected chi connectivity index (χ4v) is 6.19. The first-order chi connectivity index (χ1) is 18.3. The summed E-state index contributed by atoms with van der Waals surface area (Å²) in [4.78, 5) is 28.4. The number of fused-ring (bicyclic) bond motifs is 1. The van der Waals surface area contributed by atoms with Crippen molar-refractivity contribution < 1.29 is 22.7 Å². The van der Waals surface area contributed by atoms with Crippen LogP contribution in [0.1, 0.15) is 56.1 Å². The van der Waals surface area contributed by atoms with Crippen LogP contribution in [0, 0.1) is 5.41 Å². The summed E-state index contributed by atoms with van der Waals surface area (Å²) in [7, 11) is -2.09. The quantitative estimate of drug-likeness (QED) is 0.603. The van der Waals surface area contributed by atoms with Crippen molar-refractivity contribution in [3.05, 3.63) is 59.7 Å². The molecule has 0 bridgehead atoms. The first-order valence-corrected chi connectivity index (χ1v) is 15.1. The third-order valence-corrected chi connectivity index (χ3v) is 9.33. The molecule has 2 N–H and O–H groups in total. The number of likely N-dealkylation sites (tertiary alicyclic amines) is 1. The molecule has 0 atom stereocenters. The molecule has 0 aromatic heterocycles. The minimum atomic E-state index is -3.47. The zero-order valence-electron chi connectivity index (χ0n) is 22.2. The van der Waals surface area contributed by atoms with E-state index in [0.717, 1.165) is 43.4 Å². The van der Waals surface area contributed by atoms with Crippen LogP contribution in [0.2, 0.25) is 0 Å². The number of nitrogens with zero attached hydrogens (tertiary/aromatic N) is 1. The lowest BCUT2D eigenvalue weighted by Crippen LogP contribution is -2.50. The molecule has 2 aliphatic heterocycles. The molecule has 0 unspecified atom stereocenters. The molecule has 1 saturated heterocycles. The Labute approximate surface area is 226 Å². The maximum absolute atomic E-state index is 13.3. The van der Waals surface area contributed by atoms with E-state index in [1.165, 1.54) is 12.6 Å². The first kappa shape index (κ1) is 28.1. The molecule has 2 aliphatic rings. The monoisotopic (exact) mass is 541 g/mol. The highest BCUT2D eigenvalue weighted by atomic mass is 32.2. The van der Waals surface area contributed by atoms with E-state index >= 15 is 0 Å². The van der Waals surface area contributed by atoms with Gasteiger partial charge in [-0.3, -0.25) is 9.59 Å². The summed E-state index contributed by atoms with van der Waals surface area (Å²) in [5, 5.41) is 3.11. The van der Waals surface area contributed by atoms with Crippen molar-refractivity contribution in [2.24, 2.45) is 5.41 Å². The van der Waals surface area contributed by atoms with Crippen molar-refractivity contribution in [3.63, 3.8) is 0 Å². The van der Waals surface area contributed by atoms with Gasteiger partial charge >= 0.3 is 0 Å². The Morgan fingerprint density at radius 2 is 1.76 bits per heavy atom. The van der Waals surface area contributed by atoms with Gasteiger partial charge in [0.2, 0.25) is 21.8 Å². The molecule has 9 heteroatoms. The lowest BCUT2D eigenvalue weighted by molar-refractivity contribution is -0.141. The Hall–Kier alpha value is -2.91. The van der Waals surface area contributed by atoms with Crippen LogP contribution in [0.25, 0.3) is 0 Å². The molecular formula is C29H39N3O5S. The smallest absolute Gasteiger partial charge is 0.240 e. The summed E-state index contributed by atoms with van der Waals surface area (Å²) in [5.41, 5.74) is 1.70. The zero-order chi connectivity index (χ0) is 27.0. The fourth-order valence-electron chi connectivity index (χ4n) is 5.46. The number of hydrogen-bond donors (Lipinski definition) is 2. The number of ether oxygens (including phenoxy) is 1. The summed E-state index contributed by atoms with van der Waals surface area (Å²) >= 11 is 0. The molecule has 8 nitrogen and oxygen atoms in total. The Morgan fingerprint density at radius 1 is 1.03 bits per heavy atom. The van der Waals surface area contributed by atoms with E-state index in [1.807, 2.05) is 23.1 Å². The lowest BCUT2D eigenvalue weighted by Gasteiger charge is -2.41. The van der Waals surface area contributed by atoms with Gasteiger partial charge in [0.1, 0.15) is 12.4 Å². The molecule has 2 amide bonds. The predicted octanol–water partition coefficient (Wildman–Crippen LogP) is 3.45. The molecule has 38 heavy (non-hydrogen) atoms. The number of carbonyl (C=O) groups excluding carboxylic acids is 2. The molecule has 0 saturated carbocycles. The van der Waals surface area contributed by atoms with E-state index in [4.69, 9.17) is 4.74 Å². The second kappa shape index (κ2) is 12.8. The van der Waals surface area contributed by atoms with Crippen LogP contribution < -0.4 is 14.8 Å². The molecule has 0 radical (unpaired) electrons. The number of piperidine rings is 1. The van der Waals surface area contributed by atoms with Gasteiger partial charge in [-0.1, -0.05) is 43.2 Å². The van der Waals surface area contributed by atoms with Crippen molar-refractivity contribution >= 4 is 21.8 Å². The number of carbonyl (C=O) groups is 2. The maximum Gasteiger partial charge on any atom is 0.240 e. The number of amides is 2. The molecule has 2 heterocycles. The molecule has 1 fully saturated rings. The van der Waals surface area contributed by atoms with Gasteiger partial charge in [-0.25, -0.2) is 13.1 Å². The first-order valence-electron chi connectivity index (χ1n) is 13.6. The van der Waals surface area contributed by atoms with E-state index in [-0.39, 0.29) is 16.7 Å². The third kappa shape index (κ3) is 6.94. The van der Waals surface area contributed by atoms with Gasteiger partial charge in [-0.05, 0) is 74.9 Å². The molecule has 2 aromatic rings. The largest absolute Gasteiger partial charge is 0.491 e. The van der Waals surface area contributed by atoms with Crippen molar-refractivity contribution in [3.8, 4) is 5.75 Å². The van der Waals surface area contributed by atoms with Crippen molar-refractivity contribution in [2.45, 2.75) is 62.7 Å². The number of nitrogens with one attached hydrogen (secondary N) is 2. The summed E-state index contributed by atoms with van der Waals surface area (Å²) < 4.78 is 32.1. The van der Waals surface area contributed by atoms with E-state index in [2.05, 4.69) is 16.1 Å². The Morgan fingerprint density at radius 3 is 2.50 bits per heavy atom. The Kier molecular flexibility index (Phi) is 9.44. The highest BCUT2D eigenvalue weighted by Crippen LogP contribution is 2.38. The van der Waals surface area contributed by atoms with Gasteiger partial charge in [-0.2, -0.15) is 0 Å². The van der Waals surface area contributed by atoms with E-state index < -0.39 is 15.4 Å². The minimum absolute atomic E-state index is 0.0722. The van der Waals surface area contributed by atoms with Gasteiger partial charge in [0.15, 0.2) is 0 Å². The molecule has 0 aliphatic carbocycles. The standard InChI is InChI=1S/C29H39N3O5S/c1-30-38(35,36)25-13-10-23(11-14-25)12-15-27(33)32-20-17-29(18-21-32)16-6-2-3-7-24-8-4-5-9-26(24)37-22-19-31-28(29)34/h4-5,8-11,13-14,30H,2-3,6-7,12,15-22H2,1H3,(H,31,34). The average molecular weight is 542 g/mol. The highest BCUT2D eigenvalue weighted by Gasteiger charge is 2.41. The second-order valence-electron chi connectivity index (χ2n) is 10.3. The molecule has 2 aromatic carbocycles. The Bertz CT molecular complexity index is 1200. The van der Waals surface area contributed by atoms with Gasteiger partial charge in [-0.15, -0.1) is 0 Å². The second-order valence-corrected chi connectivity index (χ2v) is 12.2. The van der Waals surface area contributed by atoms with Gasteiger partial charge in [0.25, 0.3) is 0 Å². The molecule has 4 rings (SSSR count). The van der Waals surface area contributed by atoms with Crippen molar-refractivity contribution in [1.82, 2.24) is 14.9 Å². The van der Waals surface area contributed by atoms with E-state index in [0.29, 0.717) is 51.9 Å². The van der Waals surface area contributed by atoms with Gasteiger partial charge in [0.05, 0.1) is 16.9 Å². The molecule has 1 spiro atoms. The normalized spacial score (nSPS) is 18.8. The maximum atomic E-state index is 13.3. The van der Waals surface area contributed by atoms with Crippen LogP contribution in [-0.4, -0.2) is 58.4 Å². The van der Waals surface area contributed by atoms with Crippen LogP contribution >= 0.6 is 0 Å². The average Bonchev–Trinajstić information content (AvgIpc) is 2.95. The number of benzene rings is 2. The van der Waals surface area contributed by atoms with Crippen LogP contribution in [0.3, 0.4) is 0 Å². The van der Waals surface area contributed by atoms with Crippen molar-refractivity contribution in [2.75, 3.05) is 33.3 Å². The highest BCUT2D eigenvalue weighted by molar-refractivity contribution is 7.89. The summed E-state index contributed by atoms with van der Waals surface area (Å²) in [6, 6.07) is 14.8. The predicted molar refractivity (Wildman–Crippen MR) is 146 cm³/mol. The van der Waals surface area contributed by atoms with Crippen LogP contribution in [-0.2, 0) is 32.5 Å². The molecule has 206 valence electrons. The number of sulfonamides is 1. The number of rotatable bonds is 5. The van der Waals surface area contributed by atoms with Gasteiger partial charge in [0, 0.05) is 19.5 Å². The Balaban J connectivity index is 1.30. The summed E-state index contributed by atoms with van der Waals surface area (Å²) in [6.07, 6.45) is 7.16. The van der Waals surface area contributed by atoms with Gasteiger partial charge < -0.3 is 15.0 Å². The summed E-state index contributed by atoms with van der Waals surface area (Å²) in [5.74, 6) is 1.06. The van der Waals surface area contributed by atoms with Crippen LogP contribution in [0.5, 0.6) is 5.75 Å². The topological polar surface area (TPSA) is 105 Å². The minimum Gasteiger partial charge on any atom is -0.491 e. The van der Waals surface area contributed by atoms with Crippen LogP contribution in [0.15, 0.2) is 53.4 Å². The number of para-hydroxylation sites is 1. The number of hydrogen-bond acceptors (Lipinski definition) is 5. The van der Waals surface area contributed by atoms with Crippen LogP contribution in [0.4, 0.5) is 0 Å². The van der Waals surface area contributed by atoms with E-state index in [9.17, 15) is 18.0 Å². The lowest BCUT2D eigenvalue weighted by atomic mass is 9.73. The van der Waals surface area contributed by atoms with E-state index in [1.54, 1.807) is 24.3 Å². The number of aryl methyl sites for hydroxylation is 2. The molecular weight excluding hydrogens is 502 g/mol. The SMILES string of the molecule is CNS(=O)(=O)c1ccc(CCC(=O)N2CCC3(CCCCCc4ccccc4OCCNC3=O)CC2)cc1.